The molecule has 1 atom stereocenters. The highest BCUT2D eigenvalue weighted by Crippen LogP contribution is 2.22. The standard InChI is InChI=1S/C16H15BrFNO/c1-2-14(11-7-4-3-5-8-11)19-16(20)12-9-6-10-13(18)15(12)17/h3-10,14H,2H2,1H3,(H,19,20). The molecule has 0 fully saturated rings. The SMILES string of the molecule is CCC(NC(=O)c1cccc(F)c1Br)c1ccccc1. The van der Waals surface area contributed by atoms with Crippen LogP contribution in [0.1, 0.15) is 35.3 Å². The minimum atomic E-state index is -0.439. The average Bonchev–Trinajstić information content (AvgIpc) is 2.48. The molecule has 0 radical (unpaired) electrons. The first-order valence-corrected chi connectivity index (χ1v) is 7.22. The molecule has 0 aliphatic rings. The molecule has 20 heavy (non-hydrogen) atoms. The largest absolute Gasteiger partial charge is 0.345 e. The van der Waals surface area contributed by atoms with Gasteiger partial charge in [0.1, 0.15) is 5.82 Å². The predicted molar refractivity (Wildman–Crippen MR) is 81.0 cm³/mol. The molecule has 1 N–H and O–H groups in total. The van der Waals surface area contributed by atoms with Gasteiger partial charge in [0, 0.05) is 0 Å². The molecule has 1 amide bonds. The maximum absolute atomic E-state index is 13.5. The second-order valence-corrected chi connectivity index (χ2v) is 5.24. The van der Waals surface area contributed by atoms with E-state index in [9.17, 15) is 9.18 Å². The zero-order valence-corrected chi connectivity index (χ0v) is 12.7. The minimum Gasteiger partial charge on any atom is -0.345 e. The number of hydrogen-bond acceptors (Lipinski definition) is 1. The summed E-state index contributed by atoms with van der Waals surface area (Å²) in [5, 5.41) is 2.93. The van der Waals surface area contributed by atoms with E-state index < -0.39 is 5.82 Å². The minimum absolute atomic E-state index is 0.0844. The quantitative estimate of drug-likeness (QED) is 0.877. The molecule has 0 saturated heterocycles. The molecular formula is C16H15BrFNO. The third kappa shape index (κ3) is 3.25. The number of rotatable bonds is 4. The Morgan fingerprint density at radius 1 is 1.20 bits per heavy atom. The maximum Gasteiger partial charge on any atom is 0.253 e. The molecule has 2 rings (SSSR count). The fourth-order valence-electron chi connectivity index (χ4n) is 2.02. The molecule has 0 bridgehead atoms. The maximum atomic E-state index is 13.5. The van der Waals surface area contributed by atoms with Gasteiger partial charge in [0.2, 0.25) is 0 Å². The van der Waals surface area contributed by atoms with Crippen LogP contribution in [0.2, 0.25) is 0 Å². The molecule has 0 aliphatic heterocycles. The summed E-state index contributed by atoms with van der Waals surface area (Å²) < 4.78 is 13.6. The Morgan fingerprint density at radius 2 is 1.90 bits per heavy atom. The van der Waals surface area contributed by atoms with Crippen molar-refractivity contribution in [1.29, 1.82) is 0 Å². The van der Waals surface area contributed by atoms with Crippen molar-refractivity contribution in [2.45, 2.75) is 19.4 Å². The number of amides is 1. The van der Waals surface area contributed by atoms with Crippen LogP contribution < -0.4 is 5.32 Å². The highest BCUT2D eigenvalue weighted by molar-refractivity contribution is 9.10. The first-order valence-electron chi connectivity index (χ1n) is 6.43. The van der Waals surface area contributed by atoms with Crippen LogP contribution in [-0.4, -0.2) is 5.91 Å². The Bertz CT molecular complexity index is 601. The van der Waals surface area contributed by atoms with Crippen molar-refractivity contribution in [3.63, 3.8) is 0 Å². The highest BCUT2D eigenvalue weighted by Gasteiger charge is 2.17. The topological polar surface area (TPSA) is 29.1 Å². The van der Waals surface area contributed by atoms with Gasteiger partial charge in [-0.1, -0.05) is 43.3 Å². The number of carbonyl (C=O) groups is 1. The zero-order valence-electron chi connectivity index (χ0n) is 11.1. The third-order valence-corrected chi connectivity index (χ3v) is 3.92. The lowest BCUT2D eigenvalue weighted by molar-refractivity contribution is 0.0934. The van der Waals surface area contributed by atoms with Gasteiger partial charge in [-0.2, -0.15) is 0 Å². The van der Waals surface area contributed by atoms with Crippen LogP contribution in [0, 0.1) is 5.82 Å². The summed E-state index contributed by atoms with van der Waals surface area (Å²) in [6, 6.07) is 14.1. The Hall–Kier alpha value is -1.68. The van der Waals surface area contributed by atoms with E-state index in [1.54, 1.807) is 6.07 Å². The van der Waals surface area contributed by atoms with Crippen LogP contribution in [0.3, 0.4) is 0 Å². The number of halogens is 2. The molecule has 0 aromatic heterocycles. The van der Waals surface area contributed by atoms with Crippen molar-refractivity contribution >= 4 is 21.8 Å². The Balaban J connectivity index is 2.20. The van der Waals surface area contributed by atoms with Gasteiger partial charge in [-0.25, -0.2) is 4.39 Å². The summed E-state index contributed by atoms with van der Waals surface area (Å²) in [6.07, 6.45) is 0.767. The first-order chi connectivity index (χ1) is 9.63. The molecule has 0 heterocycles. The lowest BCUT2D eigenvalue weighted by Gasteiger charge is -2.18. The average molecular weight is 336 g/mol. The zero-order chi connectivity index (χ0) is 14.5. The van der Waals surface area contributed by atoms with Crippen molar-refractivity contribution < 1.29 is 9.18 Å². The van der Waals surface area contributed by atoms with E-state index in [0.717, 1.165) is 12.0 Å². The van der Waals surface area contributed by atoms with Crippen LogP contribution in [0.5, 0.6) is 0 Å². The predicted octanol–water partition coefficient (Wildman–Crippen LogP) is 4.47. The molecule has 0 saturated carbocycles. The molecule has 104 valence electrons. The van der Waals surface area contributed by atoms with Gasteiger partial charge in [0.15, 0.2) is 0 Å². The third-order valence-electron chi connectivity index (χ3n) is 3.11. The summed E-state index contributed by atoms with van der Waals surface area (Å²) in [5.74, 6) is -0.725. The molecule has 2 nitrogen and oxygen atoms in total. The van der Waals surface area contributed by atoms with Crippen LogP contribution in [0.15, 0.2) is 53.0 Å². The van der Waals surface area contributed by atoms with Crippen LogP contribution >= 0.6 is 15.9 Å². The van der Waals surface area contributed by atoms with Crippen molar-refractivity contribution in [3.8, 4) is 0 Å². The molecule has 4 heteroatoms. The van der Waals surface area contributed by atoms with Crippen molar-refractivity contribution in [3.05, 3.63) is 69.9 Å². The van der Waals surface area contributed by atoms with Gasteiger partial charge in [0.25, 0.3) is 5.91 Å². The van der Waals surface area contributed by atoms with Crippen LogP contribution in [0.25, 0.3) is 0 Å². The molecule has 1 unspecified atom stereocenters. The van der Waals surface area contributed by atoms with E-state index in [2.05, 4.69) is 21.2 Å². The van der Waals surface area contributed by atoms with E-state index in [1.807, 2.05) is 37.3 Å². The van der Waals surface area contributed by atoms with Gasteiger partial charge >= 0.3 is 0 Å². The summed E-state index contributed by atoms with van der Waals surface area (Å²) >= 11 is 3.11. The summed E-state index contributed by atoms with van der Waals surface area (Å²) in [7, 11) is 0. The van der Waals surface area contributed by atoms with Gasteiger partial charge in [-0.05, 0) is 40.0 Å². The fraction of sp³-hybridized carbons (Fsp3) is 0.188. The number of carbonyl (C=O) groups excluding carboxylic acids is 1. The molecule has 0 aliphatic carbocycles. The Labute approximate surface area is 126 Å². The van der Waals surface area contributed by atoms with Crippen molar-refractivity contribution in [1.82, 2.24) is 5.32 Å². The van der Waals surface area contributed by atoms with Gasteiger partial charge in [-0.15, -0.1) is 0 Å². The number of hydrogen-bond donors (Lipinski definition) is 1. The van der Waals surface area contributed by atoms with Crippen molar-refractivity contribution in [2.75, 3.05) is 0 Å². The smallest absolute Gasteiger partial charge is 0.253 e. The summed E-state index contributed by atoms with van der Waals surface area (Å²) in [6.45, 7) is 2.00. The molecule has 0 spiro atoms. The van der Waals surface area contributed by atoms with Gasteiger partial charge in [-0.3, -0.25) is 4.79 Å². The van der Waals surface area contributed by atoms with E-state index in [1.165, 1.54) is 12.1 Å². The van der Waals surface area contributed by atoms with Crippen molar-refractivity contribution in [2.24, 2.45) is 0 Å². The Kier molecular flexibility index (Phi) is 4.90. The Morgan fingerprint density at radius 3 is 2.55 bits per heavy atom. The summed E-state index contributed by atoms with van der Waals surface area (Å²) in [4.78, 5) is 12.3. The monoisotopic (exact) mass is 335 g/mol. The van der Waals surface area contributed by atoms with Gasteiger partial charge < -0.3 is 5.32 Å². The highest BCUT2D eigenvalue weighted by atomic mass is 79.9. The van der Waals surface area contributed by atoms with E-state index in [0.29, 0.717) is 5.56 Å². The second-order valence-electron chi connectivity index (χ2n) is 4.45. The molecular weight excluding hydrogens is 321 g/mol. The van der Waals surface area contributed by atoms with E-state index in [-0.39, 0.29) is 16.4 Å². The van der Waals surface area contributed by atoms with Gasteiger partial charge in [0.05, 0.1) is 16.1 Å². The molecule has 2 aromatic carbocycles. The van der Waals surface area contributed by atoms with E-state index >= 15 is 0 Å². The fourth-order valence-corrected chi connectivity index (χ4v) is 2.47. The normalized spacial score (nSPS) is 11.9. The van der Waals surface area contributed by atoms with Crippen LogP contribution in [0.4, 0.5) is 4.39 Å². The number of benzene rings is 2. The van der Waals surface area contributed by atoms with E-state index in [4.69, 9.17) is 0 Å². The lowest BCUT2D eigenvalue weighted by atomic mass is 10.0. The second kappa shape index (κ2) is 6.66. The molecule has 2 aromatic rings. The lowest BCUT2D eigenvalue weighted by Crippen LogP contribution is -2.28. The van der Waals surface area contributed by atoms with Crippen LogP contribution in [-0.2, 0) is 0 Å². The number of nitrogens with one attached hydrogen (secondary N) is 1. The summed E-state index contributed by atoms with van der Waals surface area (Å²) in [5.41, 5.74) is 1.34. The first kappa shape index (κ1) is 14.7.